The van der Waals surface area contributed by atoms with Gasteiger partial charge in [-0.3, -0.25) is 0 Å². The van der Waals surface area contributed by atoms with Crippen molar-refractivity contribution in [2.24, 2.45) is 16.2 Å². The number of aryl methyl sites for hydroxylation is 2. The Kier molecular flexibility index (Phi) is 9.40. The summed E-state index contributed by atoms with van der Waals surface area (Å²) in [5, 5.41) is 13.8. The standard InChI is InChI=1S/C16H29N5/c1-3-15-10-14(2)11-16(12-15)13-19-8-4-6-18-7-5-9-20-21-17/h10-12,18-19H,3-9,13H2,1-2H3,(H2,17,20). The maximum Gasteiger partial charge on any atom is 0.0632 e. The van der Waals surface area contributed by atoms with Gasteiger partial charge in [-0.1, -0.05) is 35.9 Å². The fraction of sp³-hybridized carbons (Fsp3) is 0.625. The van der Waals surface area contributed by atoms with Crippen molar-refractivity contribution >= 4 is 0 Å². The molecule has 5 nitrogen and oxygen atoms in total. The van der Waals surface area contributed by atoms with E-state index in [0.717, 1.165) is 45.4 Å². The van der Waals surface area contributed by atoms with Gasteiger partial charge in [0.25, 0.3) is 0 Å². The Balaban J connectivity index is 2.05. The molecule has 0 amide bonds. The van der Waals surface area contributed by atoms with Crippen LogP contribution in [0.15, 0.2) is 28.5 Å². The number of rotatable bonds is 11. The van der Waals surface area contributed by atoms with Crippen molar-refractivity contribution in [2.45, 2.75) is 39.7 Å². The molecule has 0 aliphatic rings. The second kappa shape index (κ2) is 11.2. The number of hydrogen-bond donors (Lipinski definition) is 3. The molecule has 0 heterocycles. The van der Waals surface area contributed by atoms with E-state index in [4.69, 9.17) is 5.84 Å². The topological polar surface area (TPSA) is 74.8 Å². The Bertz CT molecular complexity index is 417. The third kappa shape index (κ3) is 8.42. The molecular formula is C16H29N5. The molecule has 4 N–H and O–H groups in total. The Morgan fingerprint density at radius 2 is 1.71 bits per heavy atom. The van der Waals surface area contributed by atoms with Crippen molar-refractivity contribution in [2.75, 3.05) is 26.2 Å². The molecule has 0 unspecified atom stereocenters. The first-order chi connectivity index (χ1) is 10.3. The van der Waals surface area contributed by atoms with Crippen LogP contribution < -0.4 is 16.5 Å². The van der Waals surface area contributed by atoms with Crippen LogP contribution in [0, 0.1) is 6.92 Å². The molecule has 1 aromatic rings. The summed E-state index contributed by atoms with van der Waals surface area (Å²) in [6.45, 7) is 9.05. The van der Waals surface area contributed by atoms with Crippen LogP contribution in [0.1, 0.15) is 36.5 Å². The SMILES string of the molecule is CCc1cc(C)cc(CNCCCNCCCN=NN)c1. The van der Waals surface area contributed by atoms with E-state index >= 15 is 0 Å². The molecule has 0 saturated heterocycles. The largest absolute Gasteiger partial charge is 0.317 e. The van der Waals surface area contributed by atoms with Crippen LogP contribution in [0.3, 0.4) is 0 Å². The van der Waals surface area contributed by atoms with Crippen LogP contribution in [-0.4, -0.2) is 26.2 Å². The number of nitrogens with two attached hydrogens (primary N) is 1. The molecule has 0 aliphatic carbocycles. The highest BCUT2D eigenvalue weighted by Gasteiger charge is 1.97. The number of hydrogen-bond acceptors (Lipinski definition) is 4. The Hall–Kier alpha value is -1.46. The number of nitrogens with zero attached hydrogens (tertiary/aromatic N) is 2. The van der Waals surface area contributed by atoms with Gasteiger partial charge in [0.15, 0.2) is 0 Å². The molecule has 0 atom stereocenters. The summed E-state index contributed by atoms with van der Waals surface area (Å²) in [5.41, 5.74) is 4.15. The number of nitrogens with one attached hydrogen (secondary N) is 2. The summed E-state index contributed by atoms with van der Waals surface area (Å²) in [5.74, 6) is 4.93. The molecule has 118 valence electrons. The van der Waals surface area contributed by atoms with Gasteiger partial charge in [0, 0.05) is 6.54 Å². The van der Waals surface area contributed by atoms with Crippen LogP contribution in [0.4, 0.5) is 0 Å². The van der Waals surface area contributed by atoms with Gasteiger partial charge in [0.05, 0.1) is 6.54 Å². The molecule has 1 aromatic carbocycles. The fourth-order valence-electron chi connectivity index (χ4n) is 2.28. The van der Waals surface area contributed by atoms with E-state index in [1.54, 1.807) is 0 Å². The normalized spacial score (nSPS) is 11.3. The van der Waals surface area contributed by atoms with Crippen LogP contribution in [0.5, 0.6) is 0 Å². The smallest absolute Gasteiger partial charge is 0.0632 e. The highest BCUT2D eigenvalue weighted by Crippen LogP contribution is 2.10. The zero-order valence-electron chi connectivity index (χ0n) is 13.4. The van der Waals surface area contributed by atoms with Gasteiger partial charge in [-0.15, -0.1) is 0 Å². The zero-order valence-corrected chi connectivity index (χ0v) is 13.4. The third-order valence-corrected chi connectivity index (χ3v) is 3.33. The first-order valence-corrected chi connectivity index (χ1v) is 7.83. The molecule has 1 rings (SSSR count). The monoisotopic (exact) mass is 291 g/mol. The summed E-state index contributed by atoms with van der Waals surface area (Å²) < 4.78 is 0. The molecule has 0 bridgehead atoms. The van der Waals surface area contributed by atoms with Gasteiger partial charge < -0.3 is 16.5 Å². The Morgan fingerprint density at radius 1 is 1.00 bits per heavy atom. The fourth-order valence-corrected chi connectivity index (χ4v) is 2.28. The maximum absolute atomic E-state index is 4.93. The molecule has 0 spiro atoms. The summed E-state index contributed by atoms with van der Waals surface area (Å²) in [6.07, 6.45) is 3.21. The summed E-state index contributed by atoms with van der Waals surface area (Å²) in [6, 6.07) is 6.82. The van der Waals surface area contributed by atoms with Gasteiger partial charge in [0.2, 0.25) is 0 Å². The van der Waals surface area contributed by atoms with Gasteiger partial charge in [-0.05, 0) is 56.9 Å². The van der Waals surface area contributed by atoms with E-state index in [2.05, 4.69) is 53.0 Å². The minimum Gasteiger partial charge on any atom is -0.317 e. The van der Waals surface area contributed by atoms with Gasteiger partial charge in [0.1, 0.15) is 0 Å². The molecule has 0 fully saturated rings. The van der Waals surface area contributed by atoms with Crippen molar-refractivity contribution < 1.29 is 0 Å². The summed E-state index contributed by atoms with van der Waals surface area (Å²) >= 11 is 0. The predicted molar refractivity (Wildman–Crippen MR) is 88.3 cm³/mol. The average molecular weight is 291 g/mol. The highest BCUT2D eigenvalue weighted by atomic mass is 15.3. The van der Waals surface area contributed by atoms with Crippen molar-refractivity contribution in [1.82, 2.24) is 10.6 Å². The van der Waals surface area contributed by atoms with Crippen LogP contribution >= 0.6 is 0 Å². The molecule has 5 heteroatoms. The minimum atomic E-state index is 0.703. The van der Waals surface area contributed by atoms with Crippen molar-refractivity contribution in [3.8, 4) is 0 Å². The second-order valence-corrected chi connectivity index (χ2v) is 5.29. The Morgan fingerprint density at radius 3 is 2.48 bits per heavy atom. The molecular weight excluding hydrogens is 262 g/mol. The van der Waals surface area contributed by atoms with Gasteiger partial charge in [-0.2, -0.15) is 5.11 Å². The first kappa shape index (κ1) is 17.6. The van der Waals surface area contributed by atoms with Crippen LogP contribution in [0.2, 0.25) is 0 Å². The zero-order chi connectivity index (χ0) is 15.3. The average Bonchev–Trinajstić information content (AvgIpc) is 2.48. The molecule has 0 aromatic heterocycles. The van der Waals surface area contributed by atoms with Crippen molar-refractivity contribution in [3.05, 3.63) is 34.9 Å². The molecule has 0 aliphatic heterocycles. The van der Waals surface area contributed by atoms with E-state index in [9.17, 15) is 0 Å². The van der Waals surface area contributed by atoms with E-state index in [-0.39, 0.29) is 0 Å². The van der Waals surface area contributed by atoms with Crippen molar-refractivity contribution in [1.29, 1.82) is 0 Å². The van der Waals surface area contributed by atoms with E-state index in [1.165, 1.54) is 16.7 Å². The summed E-state index contributed by atoms with van der Waals surface area (Å²) in [4.78, 5) is 0. The lowest BCUT2D eigenvalue weighted by atomic mass is 10.0. The highest BCUT2D eigenvalue weighted by molar-refractivity contribution is 5.29. The number of benzene rings is 1. The maximum atomic E-state index is 4.93. The quantitative estimate of drug-likeness (QED) is 0.253. The van der Waals surface area contributed by atoms with E-state index in [0.29, 0.717) is 6.54 Å². The van der Waals surface area contributed by atoms with Gasteiger partial charge >= 0.3 is 0 Å². The lowest BCUT2D eigenvalue weighted by molar-refractivity contribution is 0.583. The lowest BCUT2D eigenvalue weighted by Gasteiger charge is -2.08. The van der Waals surface area contributed by atoms with Crippen LogP contribution in [-0.2, 0) is 13.0 Å². The van der Waals surface area contributed by atoms with E-state index < -0.39 is 0 Å². The summed E-state index contributed by atoms with van der Waals surface area (Å²) in [7, 11) is 0. The van der Waals surface area contributed by atoms with Gasteiger partial charge in [-0.25, -0.2) is 0 Å². The predicted octanol–water partition coefficient (Wildman–Crippen LogP) is 2.34. The molecule has 0 saturated carbocycles. The molecule has 0 radical (unpaired) electrons. The first-order valence-electron chi connectivity index (χ1n) is 7.83. The molecule has 21 heavy (non-hydrogen) atoms. The third-order valence-electron chi connectivity index (χ3n) is 3.33. The van der Waals surface area contributed by atoms with Crippen LogP contribution in [0.25, 0.3) is 0 Å². The minimum absolute atomic E-state index is 0.703. The Labute approximate surface area is 128 Å². The van der Waals surface area contributed by atoms with Crippen molar-refractivity contribution in [3.63, 3.8) is 0 Å². The lowest BCUT2D eigenvalue weighted by Crippen LogP contribution is -2.23. The van der Waals surface area contributed by atoms with E-state index in [1.807, 2.05) is 0 Å². The second-order valence-electron chi connectivity index (χ2n) is 5.29.